The first-order chi connectivity index (χ1) is 18.2. The van der Waals surface area contributed by atoms with Crippen molar-refractivity contribution in [1.82, 2.24) is 19.8 Å². The van der Waals surface area contributed by atoms with Crippen molar-refractivity contribution in [2.75, 3.05) is 20.2 Å². The Labute approximate surface area is 227 Å². The van der Waals surface area contributed by atoms with Crippen LogP contribution in [0.15, 0.2) is 36.4 Å². The summed E-state index contributed by atoms with van der Waals surface area (Å²) in [6.07, 6.45) is -2.76. The van der Waals surface area contributed by atoms with Gasteiger partial charge in [-0.3, -0.25) is 0 Å². The second kappa shape index (κ2) is 10.6. The largest absolute Gasteiger partial charge is 0.492 e. The van der Waals surface area contributed by atoms with Crippen LogP contribution in [0.4, 0.5) is 14.4 Å². The van der Waals surface area contributed by atoms with Crippen molar-refractivity contribution >= 4 is 29.3 Å². The molecule has 3 aromatic rings. The number of amides is 2. The summed E-state index contributed by atoms with van der Waals surface area (Å²) in [5, 5.41) is 3.32. The van der Waals surface area contributed by atoms with Crippen molar-refractivity contribution in [3.05, 3.63) is 42.0 Å². The molecule has 0 spiro atoms. The zero-order chi connectivity index (χ0) is 28.5. The van der Waals surface area contributed by atoms with E-state index in [0.717, 1.165) is 33.6 Å². The lowest BCUT2D eigenvalue weighted by Gasteiger charge is -2.23. The number of ether oxygens (including phenoxy) is 4. The Morgan fingerprint density at radius 3 is 2.31 bits per heavy atom. The van der Waals surface area contributed by atoms with Gasteiger partial charge in [0.2, 0.25) is 0 Å². The van der Waals surface area contributed by atoms with E-state index in [1.165, 1.54) is 7.05 Å². The van der Waals surface area contributed by atoms with Crippen LogP contribution in [-0.2, 0) is 16.0 Å². The molecule has 39 heavy (non-hydrogen) atoms. The van der Waals surface area contributed by atoms with E-state index in [-0.39, 0.29) is 6.01 Å². The van der Waals surface area contributed by atoms with Crippen molar-refractivity contribution in [2.24, 2.45) is 0 Å². The van der Waals surface area contributed by atoms with Crippen LogP contribution < -0.4 is 14.8 Å². The van der Waals surface area contributed by atoms with Crippen LogP contribution in [0.3, 0.4) is 0 Å². The third-order valence-corrected chi connectivity index (χ3v) is 5.57. The molecular weight excluding hydrogens is 504 g/mol. The van der Waals surface area contributed by atoms with Gasteiger partial charge in [0.1, 0.15) is 23.6 Å². The van der Waals surface area contributed by atoms with Crippen LogP contribution in [0.5, 0.6) is 11.8 Å². The molecule has 0 bridgehead atoms. The number of aromatic nitrogens is 2. The van der Waals surface area contributed by atoms with Crippen molar-refractivity contribution in [3.8, 4) is 22.9 Å². The Morgan fingerprint density at radius 2 is 1.62 bits per heavy atom. The number of hydrogen-bond donors (Lipinski definition) is 1. The Bertz CT molecular complexity index is 1420. The molecule has 1 aromatic heterocycles. The molecule has 1 aliphatic heterocycles. The number of hydrogen-bond acceptors (Lipinski definition) is 9. The minimum atomic E-state index is -1.07. The van der Waals surface area contributed by atoms with Crippen molar-refractivity contribution in [2.45, 2.75) is 59.3 Å². The Balaban J connectivity index is 1.71. The topological polar surface area (TPSA) is 121 Å². The molecule has 1 aliphatic rings. The highest BCUT2D eigenvalue weighted by Crippen LogP contribution is 2.31. The normalized spacial score (nSPS) is 13.6. The quantitative estimate of drug-likeness (QED) is 0.461. The van der Waals surface area contributed by atoms with E-state index in [1.807, 2.05) is 24.3 Å². The fraction of sp³-hybridized carbons (Fsp3) is 0.429. The fourth-order valence-corrected chi connectivity index (χ4v) is 3.84. The molecule has 4 rings (SSSR count). The predicted molar refractivity (Wildman–Crippen MR) is 144 cm³/mol. The molecule has 0 atom stereocenters. The molecule has 2 heterocycles. The SMILES string of the molecule is CN(C(=O)Oc1nc2cc(-c3ccc4c(c3)CNCCO4)ccc2n1C(=O)OC(C)(C)C)C(=O)OC(C)(C)C. The highest BCUT2D eigenvalue weighted by Gasteiger charge is 2.30. The molecule has 0 aliphatic carbocycles. The summed E-state index contributed by atoms with van der Waals surface area (Å²) >= 11 is 0. The molecule has 11 heteroatoms. The number of imide groups is 1. The van der Waals surface area contributed by atoms with Crippen molar-refractivity contribution < 1.29 is 33.3 Å². The first-order valence-electron chi connectivity index (χ1n) is 12.6. The average Bonchev–Trinajstić information content (AvgIpc) is 3.01. The van der Waals surface area contributed by atoms with Crippen LogP contribution in [0.1, 0.15) is 47.1 Å². The van der Waals surface area contributed by atoms with Gasteiger partial charge in [-0.25, -0.2) is 19.3 Å². The highest BCUT2D eigenvalue weighted by molar-refractivity contribution is 5.93. The summed E-state index contributed by atoms with van der Waals surface area (Å²) in [6, 6.07) is 10.9. The third-order valence-electron chi connectivity index (χ3n) is 5.57. The van der Waals surface area contributed by atoms with Gasteiger partial charge in [0, 0.05) is 25.7 Å². The Morgan fingerprint density at radius 1 is 0.949 bits per heavy atom. The molecule has 2 aromatic carbocycles. The summed E-state index contributed by atoms with van der Waals surface area (Å²) in [5.41, 5.74) is 1.93. The van der Waals surface area contributed by atoms with E-state index in [0.29, 0.717) is 29.1 Å². The van der Waals surface area contributed by atoms with Gasteiger partial charge in [-0.2, -0.15) is 9.55 Å². The van der Waals surface area contributed by atoms with Crippen LogP contribution in [0.2, 0.25) is 0 Å². The molecule has 11 nitrogen and oxygen atoms in total. The lowest BCUT2D eigenvalue weighted by atomic mass is 10.0. The Hall–Kier alpha value is -4.12. The molecule has 208 valence electrons. The van der Waals surface area contributed by atoms with Crippen molar-refractivity contribution in [3.63, 3.8) is 0 Å². The number of carbonyl (C=O) groups excluding carboxylic acids is 3. The number of rotatable bonds is 2. The third kappa shape index (κ3) is 6.66. The van der Waals surface area contributed by atoms with Gasteiger partial charge in [-0.05, 0) is 76.9 Å². The molecule has 1 N–H and O–H groups in total. The predicted octanol–water partition coefficient (Wildman–Crippen LogP) is 5.33. The van der Waals surface area contributed by atoms with Crippen LogP contribution >= 0.6 is 0 Å². The second-order valence-corrected chi connectivity index (χ2v) is 11.2. The smallest absolute Gasteiger partial charge is 0.426 e. The summed E-state index contributed by atoms with van der Waals surface area (Å²) in [5.74, 6) is 0.835. The van der Waals surface area contributed by atoms with Crippen LogP contribution in [0, 0.1) is 0 Å². The maximum absolute atomic E-state index is 13.2. The van der Waals surface area contributed by atoms with Gasteiger partial charge in [0.25, 0.3) is 0 Å². The van der Waals surface area contributed by atoms with E-state index in [9.17, 15) is 14.4 Å². The van der Waals surface area contributed by atoms with Crippen molar-refractivity contribution in [1.29, 1.82) is 0 Å². The van der Waals surface area contributed by atoms with E-state index < -0.39 is 29.5 Å². The maximum Gasteiger partial charge on any atom is 0.426 e. The van der Waals surface area contributed by atoms with Crippen LogP contribution in [-0.4, -0.2) is 64.1 Å². The zero-order valence-electron chi connectivity index (χ0n) is 23.3. The summed E-state index contributed by atoms with van der Waals surface area (Å²) in [6.45, 7) is 12.3. The monoisotopic (exact) mass is 538 g/mol. The number of benzene rings is 2. The van der Waals surface area contributed by atoms with Crippen LogP contribution in [0.25, 0.3) is 22.2 Å². The van der Waals surface area contributed by atoms with E-state index in [4.69, 9.17) is 18.9 Å². The van der Waals surface area contributed by atoms with Gasteiger partial charge < -0.3 is 24.3 Å². The average molecular weight is 539 g/mol. The summed E-state index contributed by atoms with van der Waals surface area (Å²) in [4.78, 5) is 43.4. The first kappa shape index (κ1) is 27.9. The summed E-state index contributed by atoms with van der Waals surface area (Å²) < 4.78 is 23.0. The number of imidazole rings is 1. The highest BCUT2D eigenvalue weighted by atomic mass is 16.6. The molecule has 0 saturated carbocycles. The molecule has 0 radical (unpaired) electrons. The molecule has 0 saturated heterocycles. The minimum Gasteiger partial charge on any atom is -0.492 e. The van der Waals surface area contributed by atoms with Gasteiger partial charge in [0.05, 0.1) is 11.0 Å². The number of fused-ring (bicyclic) bond motifs is 2. The molecule has 0 unspecified atom stereocenters. The van der Waals surface area contributed by atoms with E-state index >= 15 is 0 Å². The summed E-state index contributed by atoms with van der Waals surface area (Å²) in [7, 11) is 1.21. The van der Waals surface area contributed by atoms with Gasteiger partial charge in [-0.1, -0.05) is 12.1 Å². The lowest BCUT2D eigenvalue weighted by Crippen LogP contribution is -2.40. The number of nitrogens with one attached hydrogen (secondary N) is 1. The zero-order valence-corrected chi connectivity index (χ0v) is 23.3. The minimum absolute atomic E-state index is 0.337. The van der Waals surface area contributed by atoms with Gasteiger partial charge in [0.15, 0.2) is 0 Å². The second-order valence-electron chi connectivity index (χ2n) is 11.2. The maximum atomic E-state index is 13.2. The molecule has 2 amide bonds. The standard InChI is InChI=1S/C28H34N4O7/c1-27(2,3)38-25(34)31(7)24(33)37-23-30-20-15-18(8-10-21(20)32(23)26(35)39-28(4,5)6)17-9-11-22-19(14-17)16-29-12-13-36-22/h8-11,14-15,29H,12-13,16H2,1-7H3. The van der Waals surface area contributed by atoms with Gasteiger partial charge >= 0.3 is 24.3 Å². The fourth-order valence-electron chi connectivity index (χ4n) is 3.84. The van der Waals surface area contributed by atoms with Gasteiger partial charge in [-0.15, -0.1) is 0 Å². The molecule has 0 fully saturated rings. The molecular formula is C28H34N4O7. The first-order valence-corrected chi connectivity index (χ1v) is 12.6. The number of nitrogens with zero attached hydrogens (tertiary/aromatic N) is 3. The van der Waals surface area contributed by atoms with E-state index in [2.05, 4.69) is 10.3 Å². The van der Waals surface area contributed by atoms with E-state index in [1.54, 1.807) is 53.7 Å². The number of carbonyl (C=O) groups is 3. The lowest BCUT2D eigenvalue weighted by molar-refractivity contribution is 0.0318. The Kier molecular flexibility index (Phi) is 7.56.